The summed E-state index contributed by atoms with van der Waals surface area (Å²) in [5.41, 5.74) is 1.22. The SMILES string of the molecule is CCC(C)n1ccc(CC(CCl)C2CCCC2)n1. The van der Waals surface area contributed by atoms with Crippen molar-refractivity contribution in [2.45, 2.75) is 58.4 Å². The Labute approximate surface area is 116 Å². The number of hydrogen-bond donors (Lipinski definition) is 0. The maximum atomic E-state index is 6.16. The molecule has 1 aromatic rings. The molecule has 0 bridgehead atoms. The van der Waals surface area contributed by atoms with Crippen molar-refractivity contribution in [2.24, 2.45) is 11.8 Å². The van der Waals surface area contributed by atoms with Gasteiger partial charge >= 0.3 is 0 Å². The first-order chi connectivity index (χ1) is 8.74. The summed E-state index contributed by atoms with van der Waals surface area (Å²) in [5, 5.41) is 4.70. The van der Waals surface area contributed by atoms with E-state index < -0.39 is 0 Å². The lowest BCUT2D eigenvalue weighted by molar-refractivity contribution is 0.363. The molecule has 1 heterocycles. The number of aromatic nitrogens is 2. The van der Waals surface area contributed by atoms with Crippen molar-refractivity contribution in [1.29, 1.82) is 0 Å². The largest absolute Gasteiger partial charge is 0.270 e. The van der Waals surface area contributed by atoms with E-state index in [9.17, 15) is 0 Å². The minimum absolute atomic E-state index is 0.500. The topological polar surface area (TPSA) is 17.8 Å². The molecule has 1 aliphatic rings. The zero-order valence-corrected chi connectivity index (χ0v) is 12.4. The van der Waals surface area contributed by atoms with Crippen LogP contribution in [0.2, 0.25) is 0 Å². The average Bonchev–Trinajstić information content (AvgIpc) is 3.05. The van der Waals surface area contributed by atoms with Crippen LogP contribution in [0.1, 0.15) is 57.7 Å². The van der Waals surface area contributed by atoms with Gasteiger partial charge in [0.05, 0.1) is 5.69 Å². The highest BCUT2D eigenvalue weighted by Gasteiger charge is 2.25. The molecule has 1 saturated carbocycles. The number of alkyl halides is 1. The van der Waals surface area contributed by atoms with Crippen molar-refractivity contribution in [3.63, 3.8) is 0 Å². The Morgan fingerprint density at radius 1 is 1.44 bits per heavy atom. The molecule has 0 spiro atoms. The standard InChI is InChI=1S/C15H25ClN2/c1-3-12(2)18-9-8-15(17-18)10-14(11-16)13-6-4-5-7-13/h8-9,12-14H,3-7,10-11H2,1-2H3. The summed E-state index contributed by atoms with van der Waals surface area (Å²) in [5.74, 6) is 2.23. The highest BCUT2D eigenvalue weighted by Crippen LogP contribution is 2.33. The zero-order valence-electron chi connectivity index (χ0n) is 11.6. The predicted octanol–water partition coefficient (Wildman–Crippen LogP) is 4.44. The predicted molar refractivity (Wildman–Crippen MR) is 77.1 cm³/mol. The van der Waals surface area contributed by atoms with E-state index in [1.54, 1.807) is 0 Å². The van der Waals surface area contributed by atoms with Crippen LogP contribution in [0.3, 0.4) is 0 Å². The van der Waals surface area contributed by atoms with E-state index in [1.807, 2.05) is 0 Å². The third kappa shape index (κ3) is 3.28. The highest BCUT2D eigenvalue weighted by atomic mass is 35.5. The normalized spacial score (nSPS) is 20.2. The molecular weight excluding hydrogens is 244 g/mol. The summed E-state index contributed by atoms with van der Waals surface area (Å²) in [4.78, 5) is 0. The molecule has 2 nitrogen and oxygen atoms in total. The summed E-state index contributed by atoms with van der Waals surface area (Å²) in [6.07, 6.45) is 9.80. The van der Waals surface area contributed by atoms with Crippen LogP contribution >= 0.6 is 11.6 Å². The van der Waals surface area contributed by atoms with Crippen LogP contribution in [-0.2, 0) is 6.42 Å². The zero-order chi connectivity index (χ0) is 13.0. The van der Waals surface area contributed by atoms with Gasteiger partial charge in [-0.2, -0.15) is 5.10 Å². The molecule has 3 heteroatoms. The Hall–Kier alpha value is -0.500. The fraction of sp³-hybridized carbons (Fsp3) is 0.800. The monoisotopic (exact) mass is 268 g/mol. The Balaban J connectivity index is 1.96. The lowest BCUT2D eigenvalue weighted by atomic mass is 9.89. The van der Waals surface area contributed by atoms with Crippen molar-refractivity contribution < 1.29 is 0 Å². The summed E-state index contributed by atoms with van der Waals surface area (Å²) >= 11 is 6.16. The van der Waals surface area contributed by atoms with Gasteiger partial charge in [0.1, 0.15) is 0 Å². The summed E-state index contributed by atoms with van der Waals surface area (Å²) in [6, 6.07) is 2.67. The molecule has 18 heavy (non-hydrogen) atoms. The van der Waals surface area contributed by atoms with Crippen molar-refractivity contribution in [3.05, 3.63) is 18.0 Å². The van der Waals surface area contributed by atoms with E-state index >= 15 is 0 Å². The van der Waals surface area contributed by atoms with E-state index in [-0.39, 0.29) is 0 Å². The molecule has 0 aromatic carbocycles. The number of halogens is 1. The minimum atomic E-state index is 0.500. The molecule has 2 rings (SSSR count). The van der Waals surface area contributed by atoms with Gasteiger partial charge in [0.15, 0.2) is 0 Å². The van der Waals surface area contributed by atoms with E-state index in [0.29, 0.717) is 12.0 Å². The molecule has 2 atom stereocenters. The second-order valence-corrected chi connectivity index (χ2v) is 6.02. The van der Waals surface area contributed by atoms with Gasteiger partial charge in [0.25, 0.3) is 0 Å². The first-order valence-electron chi connectivity index (χ1n) is 7.34. The van der Waals surface area contributed by atoms with Crippen LogP contribution < -0.4 is 0 Å². The van der Waals surface area contributed by atoms with Crippen LogP contribution in [-0.4, -0.2) is 15.7 Å². The van der Waals surface area contributed by atoms with Crippen molar-refractivity contribution in [3.8, 4) is 0 Å². The van der Waals surface area contributed by atoms with E-state index in [4.69, 9.17) is 16.7 Å². The molecule has 102 valence electrons. The van der Waals surface area contributed by atoms with Crippen LogP contribution in [0.4, 0.5) is 0 Å². The van der Waals surface area contributed by atoms with Gasteiger partial charge in [0.2, 0.25) is 0 Å². The summed E-state index contributed by atoms with van der Waals surface area (Å²) in [7, 11) is 0. The maximum absolute atomic E-state index is 6.16. The van der Waals surface area contributed by atoms with E-state index in [1.165, 1.54) is 31.4 Å². The number of hydrogen-bond acceptors (Lipinski definition) is 1. The van der Waals surface area contributed by atoms with E-state index in [0.717, 1.165) is 24.6 Å². The molecule has 0 saturated heterocycles. The molecule has 0 N–H and O–H groups in total. The molecule has 1 fully saturated rings. The first-order valence-corrected chi connectivity index (χ1v) is 7.88. The third-order valence-corrected chi connectivity index (χ3v) is 4.84. The van der Waals surface area contributed by atoms with Crippen molar-refractivity contribution in [2.75, 3.05) is 5.88 Å². The minimum Gasteiger partial charge on any atom is -0.270 e. The smallest absolute Gasteiger partial charge is 0.0628 e. The van der Waals surface area contributed by atoms with Gasteiger partial charge in [-0.1, -0.05) is 32.6 Å². The van der Waals surface area contributed by atoms with Gasteiger partial charge < -0.3 is 0 Å². The lowest BCUT2D eigenvalue weighted by Gasteiger charge is -2.19. The van der Waals surface area contributed by atoms with Crippen LogP contribution in [0.25, 0.3) is 0 Å². The number of nitrogens with zero attached hydrogens (tertiary/aromatic N) is 2. The van der Waals surface area contributed by atoms with Crippen LogP contribution in [0.5, 0.6) is 0 Å². The molecule has 0 amide bonds. The Morgan fingerprint density at radius 2 is 2.17 bits per heavy atom. The second kappa shape index (κ2) is 6.60. The highest BCUT2D eigenvalue weighted by molar-refractivity contribution is 6.18. The molecule has 1 aromatic heterocycles. The summed E-state index contributed by atoms with van der Waals surface area (Å²) < 4.78 is 2.09. The van der Waals surface area contributed by atoms with Gasteiger partial charge in [0, 0.05) is 18.1 Å². The lowest BCUT2D eigenvalue weighted by Crippen LogP contribution is -2.17. The van der Waals surface area contributed by atoms with E-state index in [2.05, 4.69) is 30.8 Å². The Bertz CT molecular complexity index is 355. The molecule has 2 unspecified atom stereocenters. The Kier molecular flexibility index (Phi) is 5.11. The maximum Gasteiger partial charge on any atom is 0.0628 e. The van der Waals surface area contributed by atoms with Gasteiger partial charge in [-0.3, -0.25) is 4.68 Å². The fourth-order valence-electron chi connectivity index (χ4n) is 2.96. The van der Waals surface area contributed by atoms with Gasteiger partial charge in [-0.15, -0.1) is 11.6 Å². The molecule has 0 radical (unpaired) electrons. The fourth-order valence-corrected chi connectivity index (χ4v) is 3.32. The quantitative estimate of drug-likeness (QED) is 0.698. The number of rotatable bonds is 6. The Morgan fingerprint density at radius 3 is 2.78 bits per heavy atom. The van der Waals surface area contributed by atoms with Gasteiger partial charge in [-0.25, -0.2) is 0 Å². The van der Waals surface area contributed by atoms with Crippen molar-refractivity contribution in [1.82, 2.24) is 9.78 Å². The van der Waals surface area contributed by atoms with Crippen LogP contribution in [0.15, 0.2) is 12.3 Å². The van der Waals surface area contributed by atoms with Crippen molar-refractivity contribution >= 4 is 11.6 Å². The average molecular weight is 269 g/mol. The third-order valence-electron chi connectivity index (χ3n) is 4.44. The molecule has 0 aliphatic heterocycles. The van der Waals surface area contributed by atoms with Crippen LogP contribution in [0, 0.1) is 11.8 Å². The van der Waals surface area contributed by atoms with Gasteiger partial charge in [-0.05, 0) is 37.7 Å². The molecule has 1 aliphatic carbocycles. The second-order valence-electron chi connectivity index (χ2n) is 5.71. The summed E-state index contributed by atoms with van der Waals surface area (Å²) in [6.45, 7) is 4.42. The first kappa shape index (κ1) is 13.9. The molecular formula is C15H25ClN2.